The van der Waals surface area contributed by atoms with Gasteiger partial charge in [0.05, 0.1) is 15.1 Å². The minimum absolute atomic E-state index is 0.0875. The summed E-state index contributed by atoms with van der Waals surface area (Å²) in [7, 11) is -6.63. The third kappa shape index (κ3) is 10.6. The molecule has 0 N–H and O–H groups in total. The van der Waals surface area contributed by atoms with E-state index in [-0.39, 0.29) is 43.6 Å². The second-order valence-electron chi connectivity index (χ2n) is 7.69. The number of rotatable bonds is 6. The molecule has 3 aromatic rings. The monoisotopic (exact) mass is 720 g/mol. The van der Waals surface area contributed by atoms with Crippen LogP contribution in [0.5, 0.6) is 0 Å². The van der Waals surface area contributed by atoms with Gasteiger partial charge in [0.2, 0.25) is 0 Å². The first kappa shape index (κ1) is 32.8. The van der Waals surface area contributed by atoms with E-state index >= 15 is 0 Å². The molecule has 0 atom stereocenters. The first-order chi connectivity index (χ1) is 17.1. The van der Waals surface area contributed by atoms with Gasteiger partial charge in [-0.1, -0.05) is 70.5 Å². The molecule has 37 heavy (non-hydrogen) atoms. The lowest BCUT2D eigenvalue weighted by Crippen LogP contribution is -2.08. The standard InChI is InChI=1S/C9H9BrO3S.C9H10O3S.C8H7IO/c1-14(12,13)9-5-3-2-4-7(9)8(11)6-10;1-7(10)8-5-3-4-6-9(8)13(2,11)12;1-6(10)7-4-2-3-5-8(7)9/h2-5H,6H2,1H3;3-6H,1-2H3;2-5H,1H3. The molecule has 0 unspecified atom stereocenters. The van der Waals surface area contributed by atoms with E-state index in [0.29, 0.717) is 0 Å². The Kier molecular flexibility index (Phi) is 13.0. The summed E-state index contributed by atoms with van der Waals surface area (Å²) in [6.45, 7) is 2.93. The quantitative estimate of drug-likeness (QED) is 0.189. The Hall–Kier alpha value is -2.22. The van der Waals surface area contributed by atoms with Crippen LogP contribution in [-0.2, 0) is 19.7 Å². The summed E-state index contributed by atoms with van der Waals surface area (Å²) in [5.41, 5.74) is 1.31. The molecule has 0 bridgehead atoms. The van der Waals surface area contributed by atoms with Gasteiger partial charge >= 0.3 is 0 Å². The molecule has 0 aliphatic carbocycles. The van der Waals surface area contributed by atoms with Gasteiger partial charge in [-0.25, -0.2) is 16.8 Å². The summed E-state index contributed by atoms with van der Waals surface area (Å²) >= 11 is 5.16. The van der Waals surface area contributed by atoms with Crippen LogP contribution in [0, 0.1) is 3.57 Å². The van der Waals surface area contributed by atoms with Crippen molar-refractivity contribution in [3.63, 3.8) is 0 Å². The Balaban J connectivity index is 0.000000281. The van der Waals surface area contributed by atoms with Crippen LogP contribution >= 0.6 is 38.5 Å². The van der Waals surface area contributed by atoms with Crippen LogP contribution in [0.25, 0.3) is 0 Å². The highest BCUT2D eigenvalue weighted by atomic mass is 127. The van der Waals surface area contributed by atoms with E-state index < -0.39 is 19.7 Å². The Labute approximate surface area is 239 Å². The average molecular weight is 721 g/mol. The Morgan fingerprint density at radius 3 is 1.32 bits per heavy atom. The van der Waals surface area contributed by atoms with Gasteiger partial charge in [-0.3, -0.25) is 14.4 Å². The minimum atomic E-state index is -3.33. The van der Waals surface area contributed by atoms with Gasteiger partial charge in [-0.2, -0.15) is 0 Å². The zero-order valence-corrected chi connectivity index (χ0v) is 25.9. The van der Waals surface area contributed by atoms with E-state index in [2.05, 4.69) is 38.5 Å². The Morgan fingerprint density at radius 2 is 1.00 bits per heavy atom. The molecule has 3 rings (SSSR count). The van der Waals surface area contributed by atoms with Crippen molar-refractivity contribution >= 4 is 75.5 Å². The summed E-state index contributed by atoms with van der Waals surface area (Å²) in [6, 6.07) is 19.9. The number of hydrogen-bond acceptors (Lipinski definition) is 7. The number of ketones is 3. The first-order valence-electron chi connectivity index (χ1n) is 10.5. The average Bonchev–Trinajstić information content (AvgIpc) is 2.83. The summed E-state index contributed by atoms with van der Waals surface area (Å²) in [5.74, 6) is -0.336. The fourth-order valence-electron chi connectivity index (χ4n) is 2.92. The van der Waals surface area contributed by atoms with E-state index in [9.17, 15) is 31.2 Å². The molecule has 0 aliphatic heterocycles. The van der Waals surface area contributed by atoms with Crippen LogP contribution in [0.15, 0.2) is 82.6 Å². The van der Waals surface area contributed by atoms with Crippen molar-refractivity contribution in [3.8, 4) is 0 Å². The van der Waals surface area contributed by atoms with Crippen molar-refractivity contribution in [1.82, 2.24) is 0 Å². The lowest BCUT2D eigenvalue weighted by atomic mass is 10.1. The zero-order valence-electron chi connectivity index (χ0n) is 20.6. The lowest BCUT2D eigenvalue weighted by molar-refractivity contribution is 0.100. The number of benzene rings is 3. The second kappa shape index (κ2) is 14.6. The maximum absolute atomic E-state index is 11.4. The van der Waals surface area contributed by atoms with Crippen LogP contribution in [-0.4, -0.2) is 52.0 Å². The second-order valence-corrected chi connectivity index (χ2v) is 13.4. The number of carbonyl (C=O) groups is 3. The van der Waals surface area contributed by atoms with E-state index in [1.807, 2.05) is 24.3 Å². The SMILES string of the molecule is CC(=O)c1ccccc1I.CC(=O)c1ccccc1S(C)(=O)=O.CS(=O)(=O)c1ccccc1C(=O)CBr. The fraction of sp³-hybridized carbons (Fsp3) is 0.192. The topological polar surface area (TPSA) is 119 Å². The Morgan fingerprint density at radius 1 is 0.649 bits per heavy atom. The van der Waals surface area contributed by atoms with Crippen molar-refractivity contribution < 1.29 is 31.2 Å². The number of Topliss-reactive ketones (excluding diaryl/α,β-unsaturated/α-hetero) is 3. The highest BCUT2D eigenvalue weighted by molar-refractivity contribution is 14.1. The molecule has 7 nitrogen and oxygen atoms in total. The van der Waals surface area contributed by atoms with Gasteiger partial charge < -0.3 is 0 Å². The van der Waals surface area contributed by atoms with Crippen LogP contribution in [0.4, 0.5) is 0 Å². The van der Waals surface area contributed by atoms with Crippen LogP contribution in [0.2, 0.25) is 0 Å². The molecule has 0 fully saturated rings. The van der Waals surface area contributed by atoms with E-state index in [4.69, 9.17) is 0 Å². The molecule has 0 saturated heterocycles. The number of halogens is 2. The highest BCUT2D eigenvalue weighted by Gasteiger charge is 2.17. The van der Waals surface area contributed by atoms with Crippen LogP contribution in [0.3, 0.4) is 0 Å². The van der Waals surface area contributed by atoms with E-state index in [1.165, 1.54) is 31.2 Å². The van der Waals surface area contributed by atoms with Crippen molar-refractivity contribution in [3.05, 3.63) is 93.1 Å². The zero-order chi connectivity index (χ0) is 28.4. The van der Waals surface area contributed by atoms with Crippen LogP contribution in [0.1, 0.15) is 44.9 Å². The van der Waals surface area contributed by atoms with Gasteiger partial charge in [0.25, 0.3) is 0 Å². The highest BCUT2D eigenvalue weighted by Crippen LogP contribution is 2.17. The summed E-state index contributed by atoms with van der Waals surface area (Å²) in [4.78, 5) is 33.5. The largest absolute Gasteiger partial charge is 0.294 e. The molecule has 0 radical (unpaired) electrons. The van der Waals surface area contributed by atoms with Crippen molar-refractivity contribution in [2.45, 2.75) is 23.6 Å². The molecule has 198 valence electrons. The van der Waals surface area contributed by atoms with Crippen molar-refractivity contribution in [2.75, 3.05) is 17.8 Å². The van der Waals surface area contributed by atoms with Gasteiger partial charge in [0.1, 0.15) is 0 Å². The summed E-state index contributed by atoms with van der Waals surface area (Å²) in [6.07, 6.45) is 2.18. The predicted molar refractivity (Wildman–Crippen MR) is 156 cm³/mol. The molecule has 3 aromatic carbocycles. The molecular formula is C26H26BrIO7S2. The van der Waals surface area contributed by atoms with Gasteiger partial charge in [0, 0.05) is 32.8 Å². The number of alkyl halides is 1. The normalized spacial score (nSPS) is 10.8. The smallest absolute Gasteiger partial charge is 0.176 e. The van der Waals surface area contributed by atoms with E-state index in [1.54, 1.807) is 31.2 Å². The molecule has 0 aliphatic rings. The maximum atomic E-state index is 11.4. The van der Waals surface area contributed by atoms with Crippen molar-refractivity contribution in [1.29, 1.82) is 0 Å². The molecule has 0 aromatic heterocycles. The van der Waals surface area contributed by atoms with E-state index in [0.717, 1.165) is 21.6 Å². The minimum Gasteiger partial charge on any atom is -0.294 e. The molecule has 0 heterocycles. The first-order valence-corrected chi connectivity index (χ1v) is 16.5. The van der Waals surface area contributed by atoms with Crippen LogP contribution < -0.4 is 0 Å². The van der Waals surface area contributed by atoms with Gasteiger partial charge in [0.15, 0.2) is 37.0 Å². The molecule has 0 amide bonds. The third-order valence-corrected chi connectivity index (χ3v) is 8.39. The number of carbonyl (C=O) groups excluding carboxylic acids is 3. The summed E-state index contributed by atoms with van der Waals surface area (Å²) in [5, 5.41) is 0.125. The predicted octanol–water partition coefficient (Wildman–Crippen LogP) is 5.45. The molecular weight excluding hydrogens is 695 g/mol. The van der Waals surface area contributed by atoms with Crippen molar-refractivity contribution in [2.24, 2.45) is 0 Å². The van der Waals surface area contributed by atoms with Gasteiger partial charge in [-0.15, -0.1) is 0 Å². The third-order valence-electron chi connectivity index (χ3n) is 4.63. The number of hydrogen-bond donors (Lipinski definition) is 0. The lowest BCUT2D eigenvalue weighted by Gasteiger charge is -2.04. The van der Waals surface area contributed by atoms with Gasteiger partial charge in [-0.05, 0) is 54.6 Å². The fourth-order valence-corrected chi connectivity index (χ4v) is 5.83. The summed E-state index contributed by atoms with van der Waals surface area (Å²) < 4.78 is 46.0. The number of sulfone groups is 2. The molecule has 11 heteroatoms. The molecule has 0 spiro atoms. The maximum Gasteiger partial charge on any atom is 0.176 e. The Bertz CT molecular complexity index is 1500. The molecule has 0 saturated carbocycles.